The van der Waals surface area contributed by atoms with Crippen LogP contribution in [0.1, 0.15) is 16.5 Å². The second kappa shape index (κ2) is 5.61. The Hall–Kier alpha value is -1.91. The molecule has 0 aliphatic rings. The minimum absolute atomic E-state index is 0.519. The van der Waals surface area contributed by atoms with Crippen LogP contribution in [0.4, 0.5) is 0 Å². The van der Waals surface area contributed by atoms with E-state index >= 15 is 0 Å². The lowest BCUT2D eigenvalue weighted by Gasteiger charge is -2.10. The summed E-state index contributed by atoms with van der Waals surface area (Å²) < 4.78 is 5.15. The van der Waals surface area contributed by atoms with E-state index in [4.69, 9.17) is 4.74 Å². The van der Waals surface area contributed by atoms with Crippen LogP contribution in [0.15, 0.2) is 48.0 Å². The number of para-hydroxylation sites is 1. The van der Waals surface area contributed by atoms with Crippen molar-refractivity contribution in [2.75, 3.05) is 7.11 Å². The van der Waals surface area contributed by atoms with Crippen LogP contribution in [0.3, 0.4) is 0 Å². The number of pyridine rings is 1. The van der Waals surface area contributed by atoms with Crippen molar-refractivity contribution in [2.24, 2.45) is 0 Å². The molecule has 1 unspecified atom stereocenters. The summed E-state index contributed by atoms with van der Waals surface area (Å²) in [6, 6.07) is 11.8. The molecule has 3 rings (SSSR count). The van der Waals surface area contributed by atoms with Gasteiger partial charge in [0.1, 0.15) is 5.75 Å². The number of hydrogen-bond donors (Lipinski definition) is 1. The fourth-order valence-corrected chi connectivity index (χ4v) is 3.10. The summed E-state index contributed by atoms with van der Waals surface area (Å²) in [5, 5.41) is 13.4. The first-order chi connectivity index (χ1) is 9.78. The maximum absolute atomic E-state index is 10.4. The van der Waals surface area contributed by atoms with Crippen LogP contribution in [0.5, 0.6) is 5.75 Å². The van der Waals surface area contributed by atoms with Crippen LogP contribution in [0.2, 0.25) is 0 Å². The maximum atomic E-state index is 10.4. The fraction of sp³-hybridized carbons (Fsp3) is 0.188. The van der Waals surface area contributed by atoms with Crippen LogP contribution in [-0.2, 0) is 6.42 Å². The molecular weight excluding hydrogens is 270 g/mol. The third-order valence-electron chi connectivity index (χ3n) is 3.31. The molecule has 0 spiro atoms. The summed E-state index contributed by atoms with van der Waals surface area (Å²) in [6.45, 7) is 0. The number of rotatable bonds is 4. The molecule has 0 bridgehead atoms. The van der Waals surface area contributed by atoms with Gasteiger partial charge < -0.3 is 9.84 Å². The van der Waals surface area contributed by atoms with E-state index in [9.17, 15) is 5.11 Å². The van der Waals surface area contributed by atoms with Gasteiger partial charge in [0.2, 0.25) is 0 Å². The van der Waals surface area contributed by atoms with E-state index in [0.717, 1.165) is 27.1 Å². The van der Waals surface area contributed by atoms with E-state index in [1.54, 1.807) is 13.3 Å². The van der Waals surface area contributed by atoms with E-state index in [2.05, 4.69) is 4.98 Å². The van der Waals surface area contributed by atoms with E-state index < -0.39 is 6.10 Å². The average molecular weight is 285 g/mol. The lowest BCUT2D eigenvalue weighted by molar-refractivity contribution is 0.182. The number of benzene rings is 1. The van der Waals surface area contributed by atoms with Gasteiger partial charge in [-0.05, 0) is 23.8 Å². The van der Waals surface area contributed by atoms with Gasteiger partial charge in [0, 0.05) is 28.3 Å². The number of thiophene rings is 1. The Balaban J connectivity index is 1.89. The van der Waals surface area contributed by atoms with Gasteiger partial charge in [-0.1, -0.05) is 18.2 Å². The lowest BCUT2D eigenvalue weighted by atomic mass is 10.0. The molecular formula is C16H15NO2S. The zero-order valence-electron chi connectivity index (χ0n) is 11.1. The molecule has 3 aromatic rings. The highest BCUT2D eigenvalue weighted by Gasteiger charge is 2.13. The number of nitrogens with zero attached hydrogens (tertiary/aromatic N) is 1. The van der Waals surface area contributed by atoms with Crippen molar-refractivity contribution in [2.45, 2.75) is 12.5 Å². The standard InChI is InChI=1S/C16H15NO2S/c1-19-12-9-16(20-10-12)15(18)8-11-6-7-17-14-5-3-2-4-13(11)14/h2-7,9-10,15,18H,8H2,1H3. The van der Waals surface area contributed by atoms with Crippen molar-refractivity contribution < 1.29 is 9.84 Å². The summed E-state index contributed by atoms with van der Waals surface area (Å²) in [6.07, 6.45) is 1.85. The molecule has 20 heavy (non-hydrogen) atoms. The maximum Gasteiger partial charge on any atom is 0.129 e. The molecule has 0 amide bonds. The summed E-state index contributed by atoms with van der Waals surface area (Å²) in [5.41, 5.74) is 2.07. The van der Waals surface area contributed by atoms with Crippen molar-refractivity contribution in [3.63, 3.8) is 0 Å². The average Bonchev–Trinajstić information content (AvgIpc) is 2.97. The lowest BCUT2D eigenvalue weighted by Crippen LogP contribution is -2.00. The molecule has 0 aliphatic carbocycles. The molecule has 102 valence electrons. The van der Waals surface area contributed by atoms with Gasteiger partial charge in [0.15, 0.2) is 0 Å². The SMILES string of the molecule is COc1csc(C(O)Cc2ccnc3ccccc23)c1. The number of methoxy groups -OCH3 is 1. The molecule has 1 atom stereocenters. The van der Waals surface area contributed by atoms with Crippen LogP contribution in [0.25, 0.3) is 10.9 Å². The van der Waals surface area contributed by atoms with Gasteiger partial charge in [-0.25, -0.2) is 0 Å². The van der Waals surface area contributed by atoms with Crippen LogP contribution in [0, 0.1) is 0 Å². The summed E-state index contributed by atoms with van der Waals surface area (Å²) in [7, 11) is 1.63. The predicted octanol–water partition coefficient (Wildman–Crippen LogP) is 3.58. The first-order valence-electron chi connectivity index (χ1n) is 6.41. The van der Waals surface area contributed by atoms with Gasteiger partial charge in [0.05, 0.1) is 18.7 Å². The summed E-state index contributed by atoms with van der Waals surface area (Å²) in [4.78, 5) is 5.26. The molecule has 2 heterocycles. The Labute approximate surface area is 121 Å². The van der Waals surface area contributed by atoms with E-state index in [1.807, 2.05) is 41.8 Å². The van der Waals surface area contributed by atoms with Gasteiger partial charge in [-0.3, -0.25) is 4.98 Å². The minimum Gasteiger partial charge on any atom is -0.496 e. The molecule has 0 radical (unpaired) electrons. The number of fused-ring (bicyclic) bond motifs is 1. The van der Waals surface area contributed by atoms with Crippen molar-refractivity contribution >= 4 is 22.2 Å². The normalized spacial score (nSPS) is 12.5. The Morgan fingerprint density at radius 2 is 2.15 bits per heavy atom. The highest BCUT2D eigenvalue weighted by molar-refractivity contribution is 7.10. The van der Waals surface area contributed by atoms with Crippen molar-refractivity contribution in [1.82, 2.24) is 4.98 Å². The van der Waals surface area contributed by atoms with Crippen molar-refractivity contribution in [3.8, 4) is 5.75 Å². The zero-order chi connectivity index (χ0) is 13.9. The number of aromatic nitrogens is 1. The Bertz CT molecular complexity index is 718. The third-order valence-corrected chi connectivity index (χ3v) is 4.32. The first kappa shape index (κ1) is 13.1. The highest BCUT2D eigenvalue weighted by atomic mass is 32.1. The Kier molecular flexibility index (Phi) is 3.67. The van der Waals surface area contributed by atoms with Gasteiger partial charge in [-0.15, -0.1) is 11.3 Å². The second-order valence-corrected chi connectivity index (χ2v) is 5.54. The molecule has 1 N–H and O–H groups in total. The van der Waals surface area contributed by atoms with Crippen LogP contribution in [-0.4, -0.2) is 17.2 Å². The highest BCUT2D eigenvalue weighted by Crippen LogP contribution is 2.30. The molecule has 2 aromatic heterocycles. The molecule has 0 saturated carbocycles. The molecule has 3 nitrogen and oxygen atoms in total. The quantitative estimate of drug-likeness (QED) is 0.796. The van der Waals surface area contributed by atoms with Crippen molar-refractivity contribution in [1.29, 1.82) is 0 Å². The molecule has 0 saturated heterocycles. The molecule has 1 aromatic carbocycles. The fourth-order valence-electron chi connectivity index (χ4n) is 2.26. The van der Waals surface area contributed by atoms with Gasteiger partial charge in [0.25, 0.3) is 0 Å². The smallest absolute Gasteiger partial charge is 0.129 e. The summed E-state index contributed by atoms with van der Waals surface area (Å²) in [5.74, 6) is 0.795. The topological polar surface area (TPSA) is 42.4 Å². The number of hydrogen-bond acceptors (Lipinski definition) is 4. The first-order valence-corrected chi connectivity index (χ1v) is 7.29. The summed E-state index contributed by atoms with van der Waals surface area (Å²) >= 11 is 1.52. The second-order valence-electron chi connectivity index (χ2n) is 4.60. The van der Waals surface area contributed by atoms with Gasteiger partial charge >= 0.3 is 0 Å². The van der Waals surface area contributed by atoms with Crippen molar-refractivity contribution in [3.05, 3.63) is 58.4 Å². The van der Waals surface area contributed by atoms with Crippen LogP contribution >= 0.6 is 11.3 Å². The number of ether oxygens (including phenoxy) is 1. The monoisotopic (exact) mass is 285 g/mol. The molecule has 4 heteroatoms. The van der Waals surface area contributed by atoms with E-state index in [-0.39, 0.29) is 0 Å². The molecule has 0 fully saturated rings. The van der Waals surface area contributed by atoms with E-state index in [1.165, 1.54) is 11.3 Å². The zero-order valence-corrected chi connectivity index (χ0v) is 11.9. The Morgan fingerprint density at radius 3 is 2.95 bits per heavy atom. The van der Waals surface area contributed by atoms with Crippen LogP contribution < -0.4 is 4.74 Å². The third kappa shape index (κ3) is 2.53. The van der Waals surface area contributed by atoms with E-state index in [0.29, 0.717) is 6.42 Å². The largest absolute Gasteiger partial charge is 0.496 e. The Morgan fingerprint density at radius 1 is 1.30 bits per heavy atom. The number of aliphatic hydroxyl groups excluding tert-OH is 1. The molecule has 0 aliphatic heterocycles. The predicted molar refractivity (Wildman–Crippen MR) is 81.3 cm³/mol. The van der Waals surface area contributed by atoms with Gasteiger partial charge in [-0.2, -0.15) is 0 Å². The minimum atomic E-state index is -0.519. The number of aliphatic hydroxyl groups is 1.